The quantitative estimate of drug-likeness (QED) is 0.0746. The fourth-order valence-corrected chi connectivity index (χ4v) is 33.3. The Hall–Kier alpha value is -9.24. The Morgan fingerprint density at radius 3 is 0.599 bits per heavy atom. The van der Waals surface area contributed by atoms with E-state index >= 15 is 0 Å². The van der Waals surface area contributed by atoms with Crippen molar-refractivity contribution in [2.45, 2.75) is 362 Å². The maximum atomic E-state index is 3.00. The van der Waals surface area contributed by atoms with Crippen molar-refractivity contribution < 1.29 is 0 Å². The molecule has 0 amide bonds. The third-order valence-corrected chi connectivity index (χ3v) is 39.8. The van der Waals surface area contributed by atoms with Gasteiger partial charge in [0.05, 0.1) is 11.4 Å². The Bertz CT molecular complexity index is 6380. The van der Waals surface area contributed by atoms with Gasteiger partial charge in [0.15, 0.2) is 0 Å². The van der Waals surface area contributed by atoms with Crippen LogP contribution in [0.3, 0.4) is 0 Å². The van der Waals surface area contributed by atoms with Crippen molar-refractivity contribution in [2.24, 2.45) is 94.7 Å². The molecule has 142 heavy (non-hydrogen) atoms. The van der Waals surface area contributed by atoms with Crippen LogP contribution < -0.4 is 9.80 Å². The number of benzene rings is 12. The number of anilines is 6. The highest BCUT2D eigenvalue weighted by Gasteiger charge is 2.55. The van der Waals surface area contributed by atoms with Crippen LogP contribution >= 0.6 is 0 Å². The number of fused-ring (bicyclic) bond motifs is 2. The van der Waals surface area contributed by atoms with E-state index in [0.717, 1.165) is 47.3 Å². The molecule has 16 aliphatic rings. The van der Waals surface area contributed by atoms with Gasteiger partial charge in [-0.15, -0.1) is 0 Å². The lowest BCUT2D eigenvalue weighted by atomic mass is 9.49. The smallest absolute Gasteiger partial charge is 0.0620 e. The summed E-state index contributed by atoms with van der Waals surface area (Å²) in [6.45, 7) is 58.6. The van der Waals surface area contributed by atoms with Gasteiger partial charge >= 0.3 is 0 Å². The van der Waals surface area contributed by atoms with Crippen LogP contribution in [0.2, 0.25) is 0 Å². The Kier molecular flexibility index (Phi) is 22.9. The molecule has 2 heteroatoms. The monoisotopic (exact) mass is 1880 g/mol. The molecular weight excluding hydrogens is 1710 g/mol. The van der Waals surface area contributed by atoms with Gasteiger partial charge in [-0.2, -0.15) is 0 Å². The summed E-state index contributed by atoms with van der Waals surface area (Å²) >= 11 is 0. The lowest BCUT2D eigenvalue weighted by Crippen LogP contribution is -2.44. The van der Waals surface area contributed by atoms with Crippen molar-refractivity contribution in [3.8, 4) is 55.6 Å². The minimum absolute atomic E-state index is 0.111. The van der Waals surface area contributed by atoms with Crippen molar-refractivity contribution >= 4 is 55.7 Å². The van der Waals surface area contributed by atoms with Gasteiger partial charge in [0.2, 0.25) is 0 Å². The van der Waals surface area contributed by atoms with Crippen LogP contribution in [-0.2, 0) is 43.3 Å². The standard InChI is InChI=1S/C140H168N2/c1-133(2,3)111-60-95(61-112(77-111)134(4,5)6)91-56-92(96-62-113(135(7,8)9)78-114(63-96)136(10,11)12)69-119(68-91)141(121-72-107(127-99-40-81-36-82(42-99)43-100(127)41-81)58-108(73-121)128-101-44-83-37-84(46-101)47-102(128)45-83)131-123-32-28-29-33-124(123)132(126-76-90(34-35-125(126)131)89-30-26-25-27-31-89)142(122-74-109(129-103-48-85-38-86(50-103)51-104(129)49-85)59-110(75-122)130-105-52-87-39-88(54-105)55-106(130)53-87)120-70-93(97-64-115(137(13,14)15)79-116(65-97)138(16,17)18)57-94(71-120)98-66-117(139(19,20)21)80-118(67-98)140(22,23)24/h25-35,56-88,99-106,127-130H,36-55H2,1-24H3. The summed E-state index contributed by atoms with van der Waals surface area (Å²) < 4.78 is 0. The molecule has 16 saturated carbocycles. The zero-order valence-electron chi connectivity index (χ0n) is 91.4. The molecule has 16 aliphatic carbocycles. The van der Waals surface area contributed by atoms with E-state index < -0.39 is 0 Å². The summed E-state index contributed by atoms with van der Waals surface area (Å²) in [5, 5.41) is 5.14. The molecule has 0 atom stereocenters. The molecule has 16 fully saturated rings. The van der Waals surface area contributed by atoms with Gasteiger partial charge < -0.3 is 9.80 Å². The van der Waals surface area contributed by atoms with Gasteiger partial charge in [0.1, 0.15) is 0 Å². The first-order chi connectivity index (χ1) is 67.2. The summed E-state index contributed by atoms with van der Waals surface area (Å²) in [6.07, 6.45) is 28.0. The Labute approximate surface area is 856 Å². The second-order valence-corrected chi connectivity index (χ2v) is 58.3. The molecule has 28 rings (SSSR count). The summed E-state index contributed by atoms with van der Waals surface area (Å²) in [4.78, 5) is 5.99. The Balaban J connectivity index is 0.861. The molecule has 2 nitrogen and oxygen atoms in total. The van der Waals surface area contributed by atoms with E-state index in [2.05, 4.69) is 394 Å². The molecule has 0 aromatic heterocycles. The van der Waals surface area contributed by atoms with Crippen molar-refractivity contribution in [1.29, 1.82) is 0 Å². The number of rotatable bonds is 15. The van der Waals surface area contributed by atoms with E-state index in [-0.39, 0.29) is 43.3 Å². The average Bonchev–Trinajstić information content (AvgIpc) is 0.707. The van der Waals surface area contributed by atoms with Crippen molar-refractivity contribution in [3.63, 3.8) is 0 Å². The van der Waals surface area contributed by atoms with Crippen molar-refractivity contribution in [2.75, 3.05) is 9.80 Å². The summed E-state index contributed by atoms with van der Waals surface area (Å²) in [5.74, 6) is 14.7. The molecule has 0 heterocycles. The van der Waals surface area contributed by atoms with Crippen molar-refractivity contribution in [3.05, 3.63) is 285 Å². The second kappa shape index (κ2) is 34.2. The highest BCUT2D eigenvalue weighted by molar-refractivity contribution is 6.24. The van der Waals surface area contributed by atoms with Crippen molar-refractivity contribution in [1.82, 2.24) is 0 Å². The molecule has 738 valence electrons. The van der Waals surface area contributed by atoms with Gasteiger partial charge in [-0.25, -0.2) is 0 Å². The molecule has 0 N–H and O–H groups in total. The largest absolute Gasteiger partial charge is 0.309 e. The lowest BCUT2D eigenvalue weighted by molar-refractivity contribution is -0.00507. The normalized spacial score (nSPS) is 28.1. The second-order valence-electron chi connectivity index (χ2n) is 58.3. The Morgan fingerprint density at radius 2 is 0.366 bits per heavy atom. The molecule has 0 radical (unpaired) electrons. The number of hydrogen-bond acceptors (Lipinski definition) is 2. The molecule has 0 unspecified atom stereocenters. The van der Waals surface area contributed by atoms with E-state index in [1.807, 2.05) is 0 Å². The third-order valence-electron chi connectivity index (χ3n) is 39.8. The minimum Gasteiger partial charge on any atom is -0.309 e. The average molecular weight is 1880 g/mol. The van der Waals surface area contributed by atoms with Crippen LogP contribution in [0.4, 0.5) is 34.1 Å². The number of hydrogen-bond donors (Lipinski definition) is 0. The van der Waals surface area contributed by atoms with E-state index in [1.165, 1.54) is 284 Å². The van der Waals surface area contributed by atoms with Gasteiger partial charge in [-0.3, -0.25) is 0 Å². The molecule has 0 aliphatic heterocycles. The Morgan fingerprint density at radius 1 is 0.162 bits per heavy atom. The topological polar surface area (TPSA) is 6.48 Å². The summed E-state index contributed by atoms with van der Waals surface area (Å²) in [5.41, 5.74) is 37.2. The molecular formula is C140H168N2. The van der Waals surface area contributed by atoms with Gasteiger partial charge in [-0.1, -0.05) is 318 Å². The SMILES string of the molecule is CC(C)(C)c1cc(-c2cc(-c3cc(C(C)(C)C)cc(C(C)(C)C)c3)cc(N(c3cc(C4C5CC6CC(C5)CC4C6)cc(C4C5CC6CC(C5)CC4C6)c3)c3c4ccccc4c(N(c4cc(-c5cc(C(C)(C)C)cc(C(C)(C)C)c5)cc(-c5cc(C(C)(C)C)cc(C(C)(C)C)c5)c4)c4cc(C5C6CC7CC(C6)CC5C7)cc(C5C6CC7CC(C6)CC5C7)c4)c4cc(-c5ccccc5)ccc34)c2)cc(C(C)(C)C)c1. The fraction of sp³-hybridized carbons (Fsp3) is 0.514. The van der Waals surface area contributed by atoms with E-state index in [4.69, 9.17) is 0 Å². The van der Waals surface area contributed by atoms with E-state index in [9.17, 15) is 0 Å². The predicted octanol–water partition coefficient (Wildman–Crippen LogP) is 39.8. The molecule has 16 bridgehead atoms. The zero-order valence-corrected chi connectivity index (χ0v) is 91.4. The maximum absolute atomic E-state index is 3.00. The fourth-order valence-electron chi connectivity index (χ4n) is 33.3. The predicted molar refractivity (Wildman–Crippen MR) is 607 cm³/mol. The van der Waals surface area contributed by atoms with Crippen LogP contribution in [0.15, 0.2) is 218 Å². The van der Waals surface area contributed by atoms with Gasteiger partial charge in [-0.05, 0) is 479 Å². The third kappa shape index (κ3) is 17.5. The van der Waals surface area contributed by atoms with E-state index in [1.54, 1.807) is 22.3 Å². The zero-order chi connectivity index (χ0) is 98.8. The van der Waals surface area contributed by atoms with Gasteiger partial charge in [0.25, 0.3) is 0 Å². The minimum atomic E-state index is -0.113. The van der Waals surface area contributed by atoms with E-state index in [0.29, 0.717) is 71.0 Å². The first kappa shape index (κ1) is 95.0. The molecule has 12 aromatic carbocycles. The highest BCUT2D eigenvalue weighted by Crippen LogP contribution is 2.68. The molecule has 12 aromatic rings. The summed E-state index contributed by atoms with van der Waals surface area (Å²) in [6, 6.07) is 94.4. The van der Waals surface area contributed by atoms with Crippen LogP contribution in [-0.4, -0.2) is 0 Å². The van der Waals surface area contributed by atoms with Crippen LogP contribution in [0.5, 0.6) is 0 Å². The van der Waals surface area contributed by atoms with Crippen LogP contribution in [0, 0.1) is 94.7 Å². The highest BCUT2D eigenvalue weighted by atomic mass is 15.2. The van der Waals surface area contributed by atoms with Gasteiger partial charge in [0, 0.05) is 44.3 Å². The van der Waals surface area contributed by atoms with Crippen LogP contribution in [0.25, 0.3) is 77.2 Å². The summed E-state index contributed by atoms with van der Waals surface area (Å²) in [7, 11) is 0. The van der Waals surface area contributed by atoms with Crippen LogP contribution in [0.1, 0.15) is 385 Å². The first-order valence-electron chi connectivity index (χ1n) is 57.1. The molecule has 0 saturated heterocycles. The molecule has 0 spiro atoms. The lowest BCUT2D eigenvalue weighted by Gasteiger charge is -2.56. The maximum Gasteiger partial charge on any atom is 0.0620 e. The number of nitrogens with zero attached hydrogens (tertiary/aromatic N) is 2. The first-order valence-corrected chi connectivity index (χ1v) is 57.1.